The van der Waals surface area contributed by atoms with Crippen molar-refractivity contribution in [2.75, 3.05) is 20.2 Å². The standard InChI is InChI=1S/C13H16N2O5/c1-4-20-12(16)8-14(3)13(17)10-6-5-7-11(9(10)2)15(18)19/h5-7H,4,8H2,1-3H3. The maximum atomic E-state index is 12.2. The highest BCUT2D eigenvalue weighted by Gasteiger charge is 2.21. The zero-order valence-electron chi connectivity index (χ0n) is 11.6. The first-order valence-electron chi connectivity index (χ1n) is 6.03. The Morgan fingerprint density at radius 1 is 1.40 bits per heavy atom. The van der Waals surface area contributed by atoms with E-state index in [4.69, 9.17) is 4.74 Å². The van der Waals surface area contributed by atoms with Gasteiger partial charge < -0.3 is 9.64 Å². The molecule has 1 amide bonds. The van der Waals surface area contributed by atoms with E-state index in [1.54, 1.807) is 6.92 Å². The summed E-state index contributed by atoms with van der Waals surface area (Å²) in [7, 11) is 1.44. The lowest BCUT2D eigenvalue weighted by Gasteiger charge is -2.17. The van der Waals surface area contributed by atoms with Crippen molar-refractivity contribution >= 4 is 17.6 Å². The number of benzene rings is 1. The highest BCUT2D eigenvalue weighted by molar-refractivity contribution is 5.97. The molecule has 0 saturated heterocycles. The van der Waals surface area contributed by atoms with E-state index in [0.29, 0.717) is 0 Å². The van der Waals surface area contributed by atoms with Crippen LogP contribution in [0.4, 0.5) is 5.69 Å². The van der Waals surface area contributed by atoms with E-state index in [2.05, 4.69) is 0 Å². The summed E-state index contributed by atoms with van der Waals surface area (Å²) < 4.78 is 4.75. The first-order valence-corrected chi connectivity index (χ1v) is 6.03. The molecule has 0 unspecified atom stereocenters. The minimum Gasteiger partial charge on any atom is -0.465 e. The molecule has 0 heterocycles. The van der Waals surface area contributed by atoms with E-state index < -0.39 is 16.8 Å². The van der Waals surface area contributed by atoms with Crippen molar-refractivity contribution in [2.45, 2.75) is 13.8 Å². The van der Waals surface area contributed by atoms with E-state index in [-0.39, 0.29) is 30.0 Å². The molecule has 108 valence electrons. The summed E-state index contributed by atoms with van der Waals surface area (Å²) in [6, 6.07) is 4.26. The normalized spacial score (nSPS) is 9.95. The van der Waals surface area contributed by atoms with Crippen molar-refractivity contribution in [2.24, 2.45) is 0 Å². The molecular formula is C13H16N2O5. The molecule has 0 fully saturated rings. The van der Waals surface area contributed by atoms with Gasteiger partial charge in [0.15, 0.2) is 0 Å². The minimum atomic E-state index is -0.544. The van der Waals surface area contributed by atoms with Crippen LogP contribution in [0, 0.1) is 17.0 Å². The second-order valence-corrected chi connectivity index (χ2v) is 4.17. The third-order valence-corrected chi connectivity index (χ3v) is 2.75. The first-order chi connectivity index (χ1) is 9.38. The molecule has 0 aromatic heterocycles. The number of hydrogen-bond donors (Lipinski definition) is 0. The largest absolute Gasteiger partial charge is 0.465 e. The van der Waals surface area contributed by atoms with Gasteiger partial charge in [0.1, 0.15) is 6.54 Å². The third-order valence-electron chi connectivity index (χ3n) is 2.75. The predicted octanol–water partition coefficient (Wildman–Crippen LogP) is 1.54. The maximum Gasteiger partial charge on any atom is 0.325 e. The van der Waals surface area contributed by atoms with Crippen molar-refractivity contribution in [1.29, 1.82) is 0 Å². The summed E-state index contributed by atoms with van der Waals surface area (Å²) in [5.74, 6) is -0.981. The van der Waals surface area contributed by atoms with Crippen LogP contribution in [0.5, 0.6) is 0 Å². The molecular weight excluding hydrogens is 264 g/mol. The minimum absolute atomic E-state index is 0.125. The summed E-state index contributed by atoms with van der Waals surface area (Å²) in [6.45, 7) is 3.21. The Morgan fingerprint density at radius 3 is 2.60 bits per heavy atom. The predicted molar refractivity (Wildman–Crippen MR) is 71.4 cm³/mol. The number of ether oxygens (including phenoxy) is 1. The second kappa shape index (κ2) is 6.65. The molecule has 0 aliphatic heterocycles. The van der Waals surface area contributed by atoms with Crippen LogP contribution in [0.15, 0.2) is 18.2 Å². The Balaban J connectivity index is 2.95. The van der Waals surface area contributed by atoms with Gasteiger partial charge >= 0.3 is 5.97 Å². The van der Waals surface area contributed by atoms with E-state index in [0.717, 1.165) is 0 Å². The molecule has 1 rings (SSSR count). The Labute approximate surface area is 116 Å². The second-order valence-electron chi connectivity index (χ2n) is 4.17. The van der Waals surface area contributed by atoms with Crippen LogP contribution in [0.2, 0.25) is 0 Å². The van der Waals surface area contributed by atoms with Crippen molar-refractivity contribution in [3.05, 3.63) is 39.4 Å². The molecule has 1 aromatic carbocycles. The first kappa shape index (κ1) is 15.6. The molecule has 0 bridgehead atoms. The van der Waals surface area contributed by atoms with Crippen molar-refractivity contribution in [1.82, 2.24) is 4.90 Å². The van der Waals surface area contributed by atoms with Crippen LogP contribution in [0.25, 0.3) is 0 Å². The van der Waals surface area contributed by atoms with Crippen molar-refractivity contribution in [3.63, 3.8) is 0 Å². The van der Waals surface area contributed by atoms with E-state index in [9.17, 15) is 19.7 Å². The van der Waals surface area contributed by atoms with Crippen LogP contribution in [0.1, 0.15) is 22.8 Å². The molecule has 0 aliphatic carbocycles. The molecule has 0 spiro atoms. The third kappa shape index (κ3) is 3.53. The molecule has 20 heavy (non-hydrogen) atoms. The van der Waals surface area contributed by atoms with Gasteiger partial charge in [-0.15, -0.1) is 0 Å². The Bertz CT molecular complexity index is 542. The van der Waals surface area contributed by atoms with Crippen molar-refractivity contribution < 1.29 is 19.2 Å². The molecule has 1 aromatic rings. The van der Waals surface area contributed by atoms with Crippen LogP contribution in [-0.4, -0.2) is 41.9 Å². The lowest BCUT2D eigenvalue weighted by molar-refractivity contribution is -0.385. The fourth-order valence-corrected chi connectivity index (χ4v) is 1.73. The number of nitro benzene ring substituents is 1. The van der Waals surface area contributed by atoms with Gasteiger partial charge in [-0.05, 0) is 19.9 Å². The average molecular weight is 280 g/mol. The van der Waals surface area contributed by atoms with E-state index in [1.165, 1.54) is 37.1 Å². The van der Waals surface area contributed by atoms with Crippen LogP contribution in [0.3, 0.4) is 0 Å². The van der Waals surface area contributed by atoms with Gasteiger partial charge in [-0.3, -0.25) is 19.7 Å². The van der Waals surface area contributed by atoms with Gasteiger partial charge in [0.05, 0.1) is 11.5 Å². The van der Waals surface area contributed by atoms with Gasteiger partial charge in [0, 0.05) is 24.2 Å². The fourth-order valence-electron chi connectivity index (χ4n) is 1.73. The Hall–Kier alpha value is -2.44. The number of carbonyl (C=O) groups excluding carboxylic acids is 2. The monoisotopic (exact) mass is 280 g/mol. The summed E-state index contributed by atoms with van der Waals surface area (Å²) in [5.41, 5.74) is 0.351. The van der Waals surface area contributed by atoms with E-state index in [1.807, 2.05) is 0 Å². The smallest absolute Gasteiger partial charge is 0.325 e. The number of nitro groups is 1. The number of amides is 1. The SMILES string of the molecule is CCOC(=O)CN(C)C(=O)c1cccc([N+](=O)[O-])c1C. The quantitative estimate of drug-likeness (QED) is 0.463. The summed E-state index contributed by atoms with van der Waals surface area (Å²) in [4.78, 5) is 35.0. The number of likely N-dealkylation sites (N-methyl/N-ethyl adjacent to an activating group) is 1. The highest BCUT2D eigenvalue weighted by atomic mass is 16.6. The van der Waals surface area contributed by atoms with E-state index >= 15 is 0 Å². The molecule has 7 nitrogen and oxygen atoms in total. The molecule has 0 radical (unpaired) electrons. The average Bonchev–Trinajstić information content (AvgIpc) is 2.38. The van der Waals surface area contributed by atoms with Crippen LogP contribution >= 0.6 is 0 Å². The lowest BCUT2D eigenvalue weighted by atomic mass is 10.1. The van der Waals surface area contributed by atoms with Crippen LogP contribution in [-0.2, 0) is 9.53 Å². The molecule has 0 N–H and O–H groups in total. The Morgan fingerprint density at radius 2 is 2.05 bits per heavy atom. The summed E-state index contributed by atoms with van der Waals surface area (Å²) >= 11 is 0. The lowest BCUT2D eigenvalue weighted by Crippen LogP contribution is -2.33. The zero-order chi connectivity index (χ0) is 15.3. The molecule has 0 aliphatic rings. The number of nitrogens with zero attached hydrogens (tertiary/aromatic N) is 2. The maximum absolute atomic E-state index is 12.2. The van der Waals surface area contributed by atoms with Crippen molar-refractivity contribution in [3.8, 4) is 0 Å². The summed E-state index contributed by atoms with van der Waals surface area (Å²) in [6.07, 6.45) is 0. The summed E-state index contributed by atoms with van der Waals surface area (Å²) in [5, 5.41) is 10.8. The van der Waals surface area contributed by atoms with Gasteiger partial charge in [-0.25, -0.2) is 0 Å². The topological polar surface area (TPSA) is 89.8 Å². The van der Waals surface area contributed by atoms with Gasteiger partial charge in [-0.2, -0.15) is 0 Å². The van der Waals surface area contributed by atoms with Gasteiger partial charge in [0.25, 0.3) is 11.6 Å². The number of rotatable bonds is 5. The number of hydrogen-bond acceptors (Lipinski definition) is 5. The Kier molecular flexibility index (Phi) is 5.19. The molecule has 0 saturated carbocycles. The number of carbonyl (C=O) groups is 2. The zero-order valence-corrected chi connectivity index (χ0v) is 11.6. The van der Waals surface area contributed by atoms with Gasteiger partial charge in [0.2, 0.25) is 0 Å². The number of esters is 1. The molecule has 0 atom stereocenters. The highest BCUT2D eigenvalue weighted by Crippen LogP contribution is 2.21. The molecule has 7 heteroatoms. The van der Waals surface area contributed by atoms with Gasteiger partial charge in [-0.1, -0.05) is 6.07 Å². The fraction of sp³-hybridized carbons (Fsp3) is 0.385. The van der Waals surface area contributed by atoms with Crippen LogP contribution < -0.4 is 0 Å².